The Labute approximate surface area is 126 Å². The topological polar surface area (TPSA) is 53.0 Å². The second-order valence-corrected chi connectivity index (χ2v) is 5.31. The van der Waals surface area contributed by atoms with Crippen LogP contribution in [0.2, 0.25) is 5.15 Å². The van der Waals surface area contributed by atoms with Gasteiger partial charge in [0.1, 0.15) is 11.7 Å². The zero-order valence-electron chi connectivity index (χ0n) is 11.7. The van der Waals surface area contributed by atoms with Crippen LogP contribution in [0, 0.1) is 6.92 Å². The molecule has 0 bridgehead atoms. The predicted molar refractivity (Wildman–Crippen MR) is 80.5 cm³/mol. The Balaban J connectivity index is 1.91. The normalized spacial score (nSPS) is 11.0. The van der Waals surface area contributed by atoms with Crippen LogP contribution in [-0.2, 0) is 13.6 Å². The Kier molecular flexibility index (Phi) is 3.43. The van der Waals surface area contributed by atoms with Gasteiger partial charge in [0.15, 0.2) is 5.76 Å². The molecule has 0 aliphatic rings. The summed E-state index contributed by atoms with van der Waals surface area (Å²) in [4.78, 5) is 12.0. The van der Waals surface area contributed by atoms with Crippen molar-refractivity contribution < 1.29 is 4.52 Å². The van der Waals surface area contributed by atoms with Gasteiger partial charge in [-0.15, -0.1) is 0 Å². The van der Waals surface area contributed by atoms with Crippen molar-refractivity contribution in [1.82, 2.24) is 14.5 Å². The molecule has 0 N–H and O–H groups in total. The molecule has 108 valence electrons. The average Bonchev–Trinajstić information content (AvgIpc) is 2.95. The van der Waals surface area contributed by atoms with Crippen molar-refractivity contribution in [2.24, 2.45) is 7.05 Å². The van der Waals surface area contributed by atoms with E-state index in [1.54, 1.807) is 17.8 Å². The second-order valence-electron chi connectivity index (χ2n) is 4.92. The van der Waals surface area contributed by atoms with Crippen molar-refractivity contribution in [1.29, 1.82) is 0 Å². The van der Waals surface area contributed by atoms with Gasteiger partial charge in [-0.2, -0.15) is 9.84 Å². The van der Waals surface area contributed by atoms with E-state index in [9.17, 15) is 4.79 Å². The lowest BCUT2D eigenvalue weighted by Gasteiger charge is -1.99. The van der Waals surface area contributed by atoms with Gasteiger partial charge in [-0.05, 0) is 6.92 Å². The zero-order chi connectivity index (χ0) is 15.0. The molecule has 0 amide bonds. The predicted octanol–water partition coefficient (Wildman–Crippen LogP) is 2.85. The van der Waals surface area contributed by atoms with Crippen molar-refractivity contribution in [2.75, 3.05) is 0 Å². The van der Waals surface area contributed by atoms with E-state index in [0.29, 0.717) is 16.6 Å². The smallest absolute Gasteiger partial charge is 0.283 e. The molecule has 0 aliphatic carbocycles. The summed E-state index contributed by atoms with van der Waals surface area (Å²) < 4.78 is 8.42. The third-order valence-corrected chi connectivity index (χ3v) is 3.58. The van der Waals surface area contributed by atoms with Crippen LogP contribution in [0.4, 0.5) is 0 Å². The molecule has 3 aromatic rings. The van der Waals surface area contributed by atoms with Gasteiger partial charge in [0.05, 0.1) is 11.8 Å². The van der Waals surface area contributed by atoms with Crippen LogP contribution in [0.3, 0.4) is 0 Å². The lowest BCUT2D eigenvalue weighted by atomic mass is 10.1. The summed E-state index contributed by atoms with van der Waals surface area (Å²) in [5.41, 5.74) is 2.50. The zero-order valence-corrected chi connectivity index (χ0v) is 12.5. The minimum absolute atomic E-state index is 0.202. The minimum Gasteiger partial charge on any atom is -0.375 e. The molecule has 5 nitrogen and oxygen atoms in total. The van der Waals surface area contributed by atoms with Crippen LogP contribution in [0.5, 0.6) is 0 Å². The Bertz CT molecular complexity index is 808. The van der Waals surface area contributed by atoms with Crippen molar-refractivity contribution in [3.8, 4) is 11.3 Å². The van der Waals surface area contributed by atoms with Crippen molar-refractivity contribution in [3.63, 3.8) is 0 Å². The Hall–Kier alpha value is -2.27. The Morgan fingerprint density at radius 2 is 1.95 bits per heavy atom. The molecule has 2 heterocycles. The Morgan fingerprint density at radius 1 is 1.24 bits per heavy atom. The number of hydrogen-bond donors (Lipinski definition) is 0. The molecular weight excluding hydrogens is 290 g/mol. The number of benzene rings is 1. The molecule has 0 spiro atoms. The van der Waals surface area contributed by atoms with E-state index >= 15 is 0 Å². The summed E-state index contributed by atoms with van der Waals surface area (Å²) >= 11 is 5.93. The highest BCUT2D eigenvalue weighted by molar-refractivity contribution is 6.29. The van der Waals surface area contributed by atoms with E-state index in [4.69, 9.17) is 16.1 Å². The molecule has 0 unspecified atom stereocenters. The van der Waals surface area contributed by atoms with Gasteiger partial charge in [0.25, 0.3) is 5.56 Å². The maximum atomic E-state index is 12.0. The van der Waals surface area contributed by atoms with E-state index in [1.165, 1.54) is 10.8 Å². The fourth-order valence-electron chi connectivity index (χ4n) is 2.06. The highest BCUT2D eigenvalue weighted by atomic mass is 35.5. The largest absolute Gasteiger partial charge is 0.375 e. The molecule has 0 atom stereocenters. The standard InChI is InChI=1S/C15H14ClN3O2/c1-10-3-5-11(6-4-10)13-8-15(20)19(21-13)9-12-7-14(16)18(2)17-12/h3-8H,9H2,1-2H3. The monoisotopic (exact) mass is 303 g/mol. The van der Waals surface area contributed by atoms with Crippen molar-refractivity contribution in [3.05, 3.63) is 63.2 Å². The third-order valence-electron chi connectivity index (χ3n) is 3.22. The van der Waals surface area contributed by atoms with Crippen LogP contribution >= 0.6 is 11.6 Å². The molecule has 0 saturated heterocycles. The van der Waals surface area contributed by atoms with Crippen molar-refractivity contribution >= 4 is 11.6 Å². The Morgan fingerprint density at radius 3 is 2.57 bits per heavy atom. The highest BCUT2D eigenvalue weighted by Crippen LogP contribution is 2.19. The fraction of sp³-hybridized carbons (Fsp3) is 0.200. The lowest BCUT2D eigenvalue weighted by molar-refractivity contribution is 0.283. The number of hydrogen-bond acceptors (Lipinski definition) is 3. The van der Waals surface area contributed by atoms with Gasteiger partial charge in [0.2, 0.25) is 0 Å². The molecule has 2 aromatic heterocycles. The van der Waals surface area contributed by atoms with Gasteiger partial charge < -0.3 is 4.52 Å². The van der Waals surface area contributed by atoms with Crippen LogP contribution in [0.1, 0.15) is 11.3 Å². The first-order valence-corrected chi connectivity index (χ1v) is 6.87. The van der Waals surface area contributed by atoms with E-state index in [0.717, 1.165) is 11.1 Å². The molecular formula is C15H14ClN3O2. The van der Waals surface area contributed by atoms with Gasteiger partial charge in [-0.1, -0.05) is 41.4 Å². The maximum absolute atomic E-state index is 12.0. The van der Waals surface area contributed by atoms with Crippen LogP contribution in [-0.4, -0.2) is 14.5 Å². The molecule has 0 saturated carbocycles. The third kappa shape index (κ3) is 2.78. The van der Waals surface area contributed by atoms with Crippen molar-refractivity contribution in [2.45, 2.75) is 13.5 Å². The molecule has 0 aliphatic heterocycles. The average molecular weight is 304 g/mol. The first kappa shape index (κ1) is 13.7. The van der Waals surface area contributed by atoms with Gasteiger partial charge in [-0.3, -0.25) is 9.48 Å². The molecule has 0 radical (unpaired) electrons. The van der Waals surface area contributed by atoms with E-state index in [-0.39, 0.29) is 12.1 Å². The van der Waals surface area contributed by atoms with Crippen LogP contribution < -0.4 is 5.56 Å². The van der Waals surface area contributed by atoms with E-state index in [1.807, 2.05) is 31.2 Å². The first-order valence-electron chi connectivity index (χ1n) is 6.49. The summed E-state index contributed by atoms with van der Waals surface area (Å²) in [6, 6.07) is 11.0. The number of aryl methyl sites for hydroxylation is 2. The number of halogens is 1. The molecule has 3 rings (SSSR count). The molecule has 6 heteroatoms. The van der Waals surface area contributed by atoms with Crippen LogP contribution in [0.25, 0.3) is 11.3 Å². The summed E-state index contributed by atoms with van der Waals surface area (Å²) in [5.74, 6) is 0.544. The van der Waals surface area contributed by atoms with Gasteiger partial charge >= 0.3 is 0 Å². The number of nitrogens with zero attached hydrogens (tertiary/aromatic N) is 3. The summed E-state index contributed by atoms with van der Waals surface area (Å²) in [6.07, 6.45) is 0. The lowest BCUT2D eigenvalue weighted by Crippen LogP contribution is -2.14. The second kappa shape index (κ2) is 5.26. The van der Waals surface area contributed by atoms with E-state index < -0.39 is 0 Å². The van der Waals surface area contributed by atoms with Gasteiger partial charge in [-0.25, -0.2) is 0 Å². The highest BCUT2D eigenvalue weighted by Gasteiger charge is 2.11. The summed E-state index contributed by atoms with van der Waals surface area (Å²) in [6.45, 7) is 2.27. The quantitative estimate of drug-likeness (QED) is 0.747. The maximum Gasteiger partial charge on any atom is 0.283 e. The van der Waals surface area contributed by atoms with Crippen LogP contribution in [0.15, 0.2) is 45.7 Å². The number of rotatable bonds is 3. The molecule has 1 aromatic carbocycles. The van der Waals surface area contributed by atoms with E-state index in [2.05, 4.69) is 5.10 Å². The first-order chi connectivity index (χ1) is 10.0. The summed E-state index contributed by atoms with van der Waals surface area (Å²) in [7, 11) is 1.74. The minimum atomic E-state index is -0.202. The summed E-state index contributed by atoms with van der Waals surface area (Å²) in [5, 5.41) is 4.72. The molecule has 0 fully saturated rings. The molecule has 21 heavy (non-hydrogen) atoms. The number of aromatic nitrogens is 3. The SMILES string of the molecule is Cc1ccc(-c2cc(=O)n(Cc3cc(Cl)n(C)n3)o2)cc1. The fourth-order valence-corrected chi connectivity index (χ4v) is 2.23. The van der Waals surface area contributed by atoms with Gasteiger partial charge in [0, 0.05) is 18.7 Å².